The highest BCUT2D eigenvalue weighted by molar-refractivity contribution is 4.94. The van der Waals surface area contributed by atoms with E-state index in [9.17, 15) is 0 Å². The summed E-state index contributed by atoms with van der Waals surface area (Å²) in [6, 6.07) is 0.236. The number of likely N-dealkylation sites (N-methyl/N-ethyl adjacent to an activating group) is 1. The third-order valence-corrected chi connectivity index (χ3v) is 3.68. The maximum absolute atomic E-state index is 6.31. The fourth-order valence-corrected chi connectivity index (χ4v) is 2.27. The smallest absolute Gasteiger partial charge is 0.0329 e. The van der Waals surface area contributed by atoms with Gasteiger partial charge in [0.1, 0.15) is 0 Å². The minimum absolute atomic E-state index is 0.131. The lowest BCUT2D eigenvalue weighted by atomic mass is 9.85. The third kappa shape index (κ3) is 3.62. The predicted molar refractivity (Wildman–Crippen MR) is 69.0 cm³/mol. The van der Waals surface area contributed by atoms with Crippen LogP contribution in [0.25, 0.3) is 0 Å². The number of rotatable bonds is 8. The van der Waals surface area contributed by atoms with Gasteiger partial charge in [-0.2, -0.15) is 0 Å². The molecule has 0 amide bonds. The number of nitrogens with zero attached hydrogens (tertiary/aromatic N) is 1. The molecule has 0 aromatic heterocycles. The van der Waals surface area contributed by atoms with E-state index in [-0.39, 0.29) is 11.6 Å². The molecule has 90 valence electrons. The molecular formula is C13H28N2. The summed E-state index contributed by atoms with van der Waals surface area (Å²) in [5, 5.41) is 0. The van der Waals surface area contributed by atoms with Crippen molar-refractivity contribution in [2.75, 3.05) is 13.1 Å². The Bertz CT molecular complexity index is 175. The molecule has 2 atom stereocenters. The summed E-state index contributed by atoms with van der Waals surface area (Å²) in [6.45, 7) is 14.8. The Morgan fingerprint density at radius 3 is 2.20 bits per heavy atom. The minimum atomic E-state index is 0.131. The summed E-state index contributed by atoms with van der Waals surface area (Å²) >= 11 is 0. The van der Waals surface area contributed by atoms with Gasteiger partial charge in [-0.3, -0.25) is 4.90 Å². The normalized spacial score (nSPS) is 17.5. The zero-order valence-corrected chi connectivity index (χ0v) is 10.9. The van der Waals surface area contributed by atoms with Crippen LogP contribution in [0.4, 0.5) is 0 Å². The minimum Gasteiger partial charge on any atom is -0.326 e. The first kappa shape index (κ1) is 14.7. The predicted octanol–water partition coefficient (Wildman–Crippen LogP) is 2.79. The lowest BCUT2D eigenvalue weighted by Crippen LogP contribution is -2.57. The standard InChI is InChI=1S/C13H28N2/c1-6-10-11-12(14)13(5,7-2)15(8-3)9-4/h6,12H,1,7-11,14H2,2-5H3. The van der Waals surface area contributed by atoms with Crippen LogP contribution in [0.15, 0.2) is 12.7 Å². The Morgan fingerprint density at radius 2 is 1.87 bits per heavy atom. The molecule has 0 saturated carbocycles. The van der Waals surface area contributed by atoms with E-state index in [0.29, 0.717) is 0 Å². The topological polar surface area (TPSA) is 29.3 Å². The van der Waals surface area contributed by atoms with Gasteiger partial charge in [-0.1, -0.05) is 26.8 Å². The molecule has 0 saturated heterocycles. The van der Waals surface area contributed by atoms with Gasteiger partial charge in [-0.15, -0.1) is 6.58 Å². The van der Waals surface area contributed by atoms with E-state index in [1.165, 1.54) is 0 Å². The van der Waals surface area contributed by atoms with E-state index < -0.39 is 0 Å². The van der Waals surface area contributed by atoms with Gasteiger partial charge in [0, 0.05) is 11.6 Å². The Kier molecular flexibility index (Phi) is 6.86. The highest BCUT2D eigenvalue weighted by atomic mass is 15.2. The summed E-state index contributed by atoms with van der Waals surface area (Å²) in [4.78, 5) is 2.47. The third-order valence-electron chi connectivity index (χ3n) is 3.68. The zero-order chi connectivity index (χ0) is 11.9. The second kappa shape index (κ2) is 7.02. The van der Waals surface area contributed by atoms with Gasteiger partial charge in [-0.25, -0.2) is 0 Å². The molecule has 0 aliphatic rings. The quantitative estimate of drug-likeness (QED) is 0.627. The highest BCUT2D eigenvalue weighted by Crippen LogP contribution is 2.24. The van der Waals surface area contributed by atoms with Crippen molar-refractivity contribution in [2.45, 2.75) is 58.5 Å². The van der Waals surface area contributed by atoms with Crippen molar-refractivity contribution in [3.05, 3.63) is 12.7 Å². The summed E-state index contributed by atoms with van der Waals surface area (Å²) in [5.41, 5.74) is 6.44. The molecule has 2 unspecified atom stereocenters. The van der Waals surface area contributed by atoms with Gasteiger partial charge >= 0.3 is 0 Å². The van der Waals surface area contributed by atoms with Crippen LogP contribution in [0.2, 0.25) is 0 Å². The van der Waals surface area contributed by atoms with Gasteiger partial charge in [0.25, 0.3) is 0 Å². The summed E-state index contributed by atoms with van der Waals surface area (Å²) in [7, 11) is 0. The lowest BCUT2D eigenvalue weighted by Gasteiger charge is -2.44. The van der Waals surface area contributed by atoms with Crippen LogP contribution in [0.1, 0.15) is 47.0 Å². The zero-order valence-electron chi connectivity index (χ0n) is 10.9. The average Bonchev–Trinajstić information content (AvgIpc) is 2.26. The van der Waals surface area contributed by atoms with Crippen molar-refractivity contribution in [1.29, 1.82) is 0 Å². The van der Waals surface area contributed by atoms with Crippen LogP contribution in [0.5, 0.6) is 0 Å². The Balaban J connectivity index is 4.57. The Morgan fingerprint density at radius 1 is 1.33 bits per heavy atom. The van der Waals surface area contributed by atoms with Crippen molar-refractivity contribution in [2.24, 2.45) is 5.73 Å². The van der Waals surface area contributed by atoms with E-state index >= 15 is 0 Å². The van der Waals surface area contributed by atoms with Crippen molar-refractivity contribution in [3.63, 3.8) is 0 Å². The average molecular weight is 212 g/mol. The molecule has 0 aliphatic carbocycles. The fourth-order valence-electron chi connectivity index (χ4n) is 2.27. The van der Waals surface area contributed by atoms with Gasteiger partial charge in [0.15, 0.2) is 0 Å². The monoisotopic (exact) mass is 212 g/mol. The highest BCUT2D eigenvalue weighted by Gasteiger charge is 2.33. The van der Waals surface area contributed by atoms with Crippen molar-refractivity contribution >= 4 is 0 Å². The summed E-state index contributed by atoms with van der Waals surface area (Å²) in [6.07, 6.45) is 5.10. The van der Waals surface area contributed by atoms with Crippen molar-refractivity contribution in [3.8, 4) is 0 Å². The largest absolute Gasteiger partial charge is 0.326 e. The lowest BCUT2D eigenvalue weighted by molar-refractivity contribution is 0.0818. The second-order valence-electron chi connectivity index (χ2n) is 4.36. The van der Waals surface area contributed by atoms with E-state index in [1.807, 2.05) is 6.08 Å². The molecule has 0 aromatic rings. The van der Waals surface area contributed by atoms with E-state index in [4.69, 9.17) is 5.73 Å². The van der Waals surface area contributed by atoms with Crippen molar-refractivity contribution in [1.82, 2.24) is 4.90 Å². The van der Waals surface area contributed by atoms with E-state index in [0.717, 1.165) is 32.4 Å². The molecule has 0 bridgehead atoms. The Labute approximate surface area is 95.5 Å². The molecular weight excluding hydrogens is 184 g/mol. The van der Waals surface area contributed by atoms with Crippen LogP contribution >= 0.6 is 0 Å². The summed E-state index contributed by atoms with van der Waals surface area (Å²) < 4.78 is 0. The number of allylic oxidation sites excluding steroid dienone is 1. The maximum Gasteiger partial charge on any atom is 0.0329 e. The molecule has 0 heterocycles. The molecule has 2 nitrogen and oxygen atoms in total. The molecule has 0 spiro atoms. The van der Waals surface area contributed by atoms with Crippen LogP contribution < -0.4 is 5.73 Å². The molecule has 0 aromatic carbocycles. The van der Waals surface area contributed by atoms with E-state index in [2.05, 4.69) is 39.2 Å². The van der Waals surface area contributed by atoms with Gasteiger partial charge in [0.05, 0.1) is 0 Å². The van der Waals surface area contributed by atoms with Gasteiger partial charge in [0.2, 0.25) is 0 Å². The number of hydrogen-bond donors (Lipinski definition) is 1. The molecule has 2 heteroatoms. The van der Waals surface area contributed by atoms with Crippen LogP contribution in [0, 0.1) is 0 Å². The number of hydrogen-bond acceptors (Lipinski definition) is 2. The van der Waals surface area contributed by atoms with Crippen molar-refractivity contribution < 1.29 is 0 Å². The van der Waals surface area contributed by atoms with Crippen LogP contribution in [0.3, 0.4) is 0 Å². The SMILES string of the molecule is C=CCCC(N)C(C)(CC)N(CC)CC. The van der Waals surface area contributed by atoms with Crippen LogP contribution in [-0.4, -0.2) is 29.6 Å². The maximum atomic E-state index is 6.31. The van der Waals surface area contributed by atoms with E-state index in [1.54, 1.807) is 0 Å². The molecule has 0 rings (SSSR count). The first-order valence-corrected chi connectivity index (χ1v) is 6.18. The Hall–Kier alpha value is -0.340. The van der Waals surface area contributed by atoms with Gasteiger partial charge < -0.3 is 5.73 Å². The first-order chi connectivity index (χ1) is 7.06. The number of nitrogens with two attached hydrogens (primary N) is 1. The fraction of sp³-hybridized carbons (Fsp3) is 0.846. The second-order valence-corrected chi connectivity index (χ2v) is 4.36. The molecule has 0 radical (unpaired) electrons. The molecule has 2 N–H and O–H groups in total. The van der Waals surface area contributed by atoms with Gasteiger partial charge in [-0.05, 0) is 39.3 Å². The molecule has 0 fully saturated rings. The first-order valence-electron chi connectivity index (χ1n) is 6.18. The van der Waals surface area contributed by atoms with Crippen LogP contribution in [-0.2, 0) is 0 Å². The molecule has 0 aliphatic heterocycles. The summed E-state index contributed by atoms with van der Waals surface area (Å²) in [5.74, 6) is 0. The molecule has 15 heavy (non-hydrogen) atoms.